The summed E-state index contributed by atoms with van der Waals surface area (Å²) < 4.78 is 1.79. The monoisotopic (exact) mass is 236 g/mol. The summed E-state index contributed by atoms with van der Waals surface area (Å²) in [7, 11) is 1.81. The van der Waals surface area contributed by atoms with E-state index in [1.165, 1.54) is 6.08 Å². The van der Waals surface area contributed by atoms with E-state index in [-0.39, 0.29) is 0 Å². The average Bonchev–Trinajstić information content (AvgIpc) is 2.53. The highest BCUT2D eigenvalue weighted by atomic mass is 35.5. The molecule has 1 aromatic heterocycles. The van der Waals surface area contributed by atoms with Crippen LogP contribution < -0.4 is 0 Å². The van der Waals surface area contributed by atoms with Gasteiger partial charge < -0.3 is 9.67 Å². The van der Waals surface area contributed by atoms with Crippen LogP contribution >= 0.6 is 11.6 Å². The summed E-state index contributed by atoms with van der Waals surface area (Å²) in [6.45, 7) is 0. The van der Waals surface area contributed by atoms with Gasteiger partial charge in [0, 0.05) is 18.1 Å². The number of aliphatic carboxylic acids is 1. The Bertz CT molecular complexity index is 587. The number of hydrogen-bond acceptors (Lipinski definition) is 2. The van der Waals surface area contributed by atoms with Gasteiger partial charge in [0.05, 0.1) is 11.0 Å². The molecule has 82 valence electrons. The van der Waals surface area contributed by atoms with Gasteiger partial charge in [-0.25, -0.2) is 9.78 Å². The van der Waals surface area contributed by atoms with Crippen molar-refractivity contribution in [2.45, 2.75) is 0 Å². The van der Waals surface area contributed by atoms with Crippen molar-refractivity contribution in [1.29, 1.82) is 0 Å². The molecule has 0 radical (unpaired) electrons. The molecule has 0 aliphatic carbocycles. The molecule has 2 rings (SSSR count). The van der Waals surface area contributed by atoms with E-state index in [4.69, 9.17) is 16.7 Å². The van der Waals surface area contributed by atoms with Gasteiger partial charge in [0.2, 0.25) is 0 Å². The Morgan fingerprint density at radius 3 is 3.00 bits per heavy atom. The van der Waals surface area contributed by atoms with Crippen LogP contribution in [0.15, 0.2) is 24.3 Å². The molecule has 0 saturated carbocycles. The van der Waals surface area contributed by atoms with Gasteiger partial charge in [0.25, 0.3) is 0 Å². The van der Waals surface area contributed by atoms with Gasteiger partial charge in [0.1, 0.15) is 5.82 Å². The van der Waals surface area contributed by atoms with E-state index in [0.29, 0.717) is 10.8 Å². The fourth-order valence-corrected chi connectivity index (χ4v) is 1.64. The quantitative estimate of drug-likeness (QED) is 0.815. The zero-order valence-electron chi connectivity index (χ0n) is 8.51. The number of rotatable bonds is 2. The smallest absolute Gasteiger partial charge is 0.328 e. The number of imidazole rings is 1. The van der Waals surface area contributed by atoms with Crippen molar-refractivity contribution in [2.75, 3.05) is 0 Å². The van der Waals surface area contributed by atoms with Crippen LogP contribution in [-0.4, -0.2) is 20.6 Å². The molecule has 2 aromatic rings. The fraction of sp³-hybridized carbons (Fsp3) is 0.0909. The number of aromatic nitrogens is 2. The number of benzene rings is 1. The number of hydrogen-bond donors (Lipinski definition) is 1. The summed E-state index contributed by atoms with van der Waals surface area (Å²) in [6.07, 6.45) is 2.51. The molecule has 0 bridgehead atoms. The normalized spacial score (nSPS) is 11.4. The minimum Gasteiger partial charge on any atom is -0.478 e. The molecule has 5 heteroatoms. The van der Waals surface area contributed by atoms with Crippen LogP contribution in [-0.2, 0) is 11.8 Å². The lowest BCUT2D eigenvalue weighted by molar-refractivity contribution is -0.131. The minimum atomic E-state index is -0.995. The maximum absolute atomic E-state index is 10.4. The minimum absolute atomic E-state index is 0.583. The summed E-state index contributed by atoms with van der Waals surface area (Å²) in [6, 6.07) is 5.35. The van der Waals surface area contributed by atoms with E-state index in [2.05, 4.69) is 4.98 Å². The summed E-state index contributed by atoms with van der Waals surface area (Å²) in [4.78, 5) is 14.7. The lowest BCUT2D eigenvalue weighted by atomic mass is 10.3. The van der Waals surface area contributed by atoms with Crippen molar-refractivity contribution in [3.05, 3.63) is 35.1 Å². The van der Waals surface area contributed by atoms with Crippen LogP contribution in [0.5, 0.6) is 0 Å². The molecular formula is C11H9ClN2O2. The molecule has 0 spiro atoms. The Labute approximate surface area is 96.8 Å². The first-order valence-corrected chi connectivity index (χ1v) is 4.99. The molecule has 0 amide bonds. The first kappa shape index (κ1) is 10.7. The number of halogens is 1. The highest BCUT2D eigenvalue weighted by molar-refractivity contribution is 6.31. The van der Waals surface area contributed by atoms with Gasteiger partial charge in [-0.2, -0.15) is 0 Å². The highest BCUT2D eigenvalue weighted by Gasteiger charge is 2.05. The van der Waals surface area contributed by atoms with Gasteiger partial charge in [-0.15, -0.1) is 0 Å². The molecule has 1 heterocycles. The molecule has 4 nitrogen and oxygen atoms in total. The molecule has 1 N–H and O–H groups in total. The highest BCUT2D eigenvalue weighted by Crippen LogP contribution is 2.20. The van der Waals surface area contributed by atoms with Crippen molar-refractivity contribution in [3.63, 3.8) is 0 Å². The second-order valence-corrected chi connectivity index (χ2v) is 3.77. The molecule has 0 aliphatic heterocycles. The lowest BCUT2D eigenvalue weighted by Gasteiger charge is -1.96. The predicted octanol–water partition coefficient (Wildman–Crippen LogP) is 2.32. The molecule has 1 aromatic carbocycles. The number of carboxylic acids is 1. The van der Waals surface area contributed by atoms with Gasteiger partial charge in [-0.3, -0.25) is 0 Å². The molecule has 16 heavy (non-hydrogen) atoms. The van der Waals surface area contributed by atoms with E-state index in [1.54, 1.807) is 22.8 Å². The van der Waals surface area contributed by atoms with E-state index < -0.39 is 5.97 Å². The van der Waals surface area contributed by atoms with E-state index in [0.717, 1.165) is 17.1 Å². The Kier molecular flexibility index (Phi) is 2.66. The summed E-state index contributed by atoms with van der Waals surface area (Å²) in [5.74, 6) is -0.412. The van der Waals surface area contributed by atoms with Crippen LogP contribution in [0.25, 0.3) is 17.1 Å². The van der Waals surface area contributed by atoms with Crippen molar-refractivity contribution in [1.82, 2.24) is 9.55 Å². The number of aryl methyl sites for hydroxylation is 1. The lowest BCUT2D eigenvalue weighted by Crippen LogP contribution is -1.93. The second kappa shape index (κ2) is 3.98. The van der Waals surface area contributed by atoms with E-state index in [9.17, 15) is 4.79 Å². The molecule has 0 unspecified atom stereocenters. The van der Waals surface area contributed by atoms with Crippen molar-refractivity contribution < 1.29 is 9.90 Å². The van der Waals surface area contributed by atoms with Crippen molar-refractivity contribution in [2.24, 2.45) is 7.05 Å². The third-order valence-corrected chi connectivity index (χ3v) is 2.49. The number of carbonyl (C=O) groups is 1. The van der Waals surface area contributed by atoms with Crippen LogP contribution in [0.1, 0.15) is 5.82 Å². The maximum atomic E-state index is 10.4. The Morgan fingerprint density at radius 2 is 2.31 bits per heavy atom. The fourth-order valence-electron chi connectivity index (χ4n) is 1.48. The molecular weight excluding hydrogens is 228 g/mol. The van der Waals surface area contributed by atoms with Gasteiger partial charge in [-0.05, 0) is 24.3 Å². The van der Waals surface area contributed by atoms with Gasteiger partial charge in [-0.1, -0.05) is 11.6 Å². The molecule has 0 aliphatic rings. The van der Waals surface area contributed by atoms with Crippen LogP contribution in [0, 0.1) is 0 Å². The molecule has 0 saturated heterocycles. The van der Waals surface area contributed by atoms with E-state index >= 15 is 0 Å². The molecule has 0 atom stereocenters. The molecule has 0 fully saturated rings. The number of fused-ring (bicyclic) bond motifs is 1. The van der Waals surface area contributed by atoms with Crippen molar-refractivity contribution >= 4 is 34.7 Å². The first-order chi connectivity index (χ1) is 7.58. The topological polar surface area (TPSA) is 55.1 Å². The zero-order valence-corrected chi connectivity index (χ0v) is 9.27. The van der Waals surface area contributed by atoms with Crippen molar-refractivity contribution in [3.8, 4) is 0 Å². The standard InChI is InChI=1S/C11H9ClN2O2/c1-14-9-6-7(12)2-3-8(9)13-10(14)4-5-11(15)16/h2-6H,1H3,(H,15,16). The average molecular weight is 237 g/mol. The Balaban J connectivity index is 2.56. The SMILES string of the molecule is Cn1c(C=CC(=O)O)nc2ccc(Cl)cc21. The Hall–Kier alpha value is -1.81. The van der Waals surface area contributed by atoms with Crippen LogP contribution in [0.2, 0.25) is 5.02 Å². The summed E-state index contributed by atoms with van der Waals surface area (Å²) in [5.41, 5.74) is 1.66. The van der Waals surface area contributed by atoms with Gasteiger partial charge in [0.15, 0.2) is 0 Å². The third kappa shape index (κ3) is 1.92. The summed E-state index contributed by atoms with van der Waals surface area (Å²) >= 11 is 5.87. The number of carboxylic acid groups (broad SMARTS) is 1. The third-order valence-electron chi connectivity index (χ3n) is 2.25. The first-order valence-electron chi connectivity index (χ1n) is 4.61. The summed E-state index contributed by atoms with van der Waals surface area (Å²) in [5, 5.41) is 9.17. The second-order valence-electron chi connectivity index (χ2n) is 3.33. The number of nitrogens with zero attached hydrogens (tertiary/aromatic N) is 2. The Morgan fingerprint density at radius 1 is 1.56 bits per heavy atom. The zero-order chi connectivity index (χ0) is 11.7. The van der Waals surface area contributed by atoms with Crippen LogP contribution in [0.4, 0.5) is 0 Å². The van der Waals surface area contributed by atoms with Gasteiger partial charge >= 0.3 is 5.97 Å². The van der Waals surface area contributed by atoms with Crippen LogP contribution in [0.3, 0.4) is 0 Å². The predicted molar refractivity (Wildman–Crippen MR) is 62.4 cm³/mol. The maximum Gasteiger partial charge on any atom is 0.328 e. The van der Waals surface area contributed by atoms with E-state index in [1.807, 2.05) is 7.05 Å². The largest absolute Gasteiger partial charge is 0.478 e.